The van der Waals surface area contributed by atoms with Crippen LogP contribution >= 0.6 is 0 Å². The second-order valence-corrected chi connectivity index (χ2v) is 7.12. The standard InChI is InChI=1S/C26H22O6/c1-2-18-8-10-20(11-9-18)32-24-16-30-23-14-21(12-13-22(23)26(24)28)29-17-25(27)31-15-19-6-4-3-5-7-19/h3-14,16H,2,15,17H2,1H3. The van der Waals surface area contributed by atoms with E-state index < -0.39 is 5.97 Å². The van der Waals surface area contributed by atoms with Crippen molar-refractivity contribution in [3.8, 4) is 17.2 Å². The van der Waals surface area contributed by atoms with Crippen molar-refractivity contribution >= 4 is 16.9 Å². The molecule has 0 aliphatic rings. The fourth-order valence-electron chi connectivity index (χ4n) is 3.09. The van der Waals surface area contributed by atoms with Gasteiger partial charge in [-0.25, -0.2) is 4.79 Å². The van der Waals surface area contributed by atoms with Gasteiger partial charge >= 0.3 is 5.97 Å². The van der Waals surface area contributed by atoms with Gasteiger partial charge in [-0.05, 0) is 41.8 Å². The molecule has 0 aliphatic carbocycles. The molecule has 0 aliphatic heterocycles. The Morgan fingerprint density at radius 2 is 1.66 bits per heavy atom. The second kappa shape index (κ2) is 9.83. The van der Waals surface area contributed by atoms with Crippen LogP contribution in [0, 0.1) is 0 Å². The van der Waals surface area contributed by atoms with Crippen LogP contribution in [0.3, 0.4) is 0 Å². The van der Waals surface area contributed by atoms with Crippen LogP contribution in [0.5, 0.6) is 17.2 Å². The molecule has 1 heterocycles. The van der Waals surface area contributed by atoms with E-state index in [4.69, 9.17) is 18.6 Å². The van der Waals surface area contributed by atoms with Crippen molar-refractivity contribution in [2.24, 2.45) is 0 Å². The van der Waals surface area contributed by atoms with Gasteiger partial charge in [0.25, 0.3) is 0 Å². The number of esters is 1. The van der Waals surface area contributed by atoms with Crippen LogP contribution in [0.15, 0.2) is 88.3 Å². The third-order valence-electron chi connectivity index (χ3n) is 4.87. The fourth-order valence-corrected chi connectivity index (χ4v) is 3.09. The lowest BCUT2D eigenvalue weighted by molar-refractivity contribution is -0.147. The van der Waals surface area contributed by atoms with Gasteiger partial charge in [0.1, 0.15) is 30.0 Å². The minimum atomic E-state index is -0.492. The molecule has 6 heteroatoms. The molecular weight excluding hydrogens is 408 g/mol. The van der Waals surface area contributed by atoms with Crippen molar-refractivity contribution < 1.29 is 23.4 Å². The summed E-state index contributed by atoms with van der Waals surface area (Å²) >= 11 is 0. The molecule has 0 saturated carbocycles. The average molecular weight is 430 g/mol. The number of carbonyl (C=O) groups excluding carboxylic acids is 1. The van der Waals surface area contributed by atoms with Gasteiger partial charge in [0, 0.05) is 6.07 Å². The van der Waals surface area contributed by atoms with E-state index in [9.17, 15) is 9.59 Å². The fraction of sp³-hybridized carbons (Fsp3) is 0.154. The predicted molar refractivity (Wildman–Crippen MR) is 120 cm³/mol. The normalized spacial score (nSPS) is 10.7. The maximum Gasteiger partial charge on any atom is 0.344 e. The zero-order valence-corrected chi connectivity index (χ0v) is 17.6. The highest BCUT2D eigenvalue weighted by Gasteiger charge is 2.11. The Kier molecular flexibility index (Phi) is 6.51. The highest BCUT2D eigenvalue weighted by Crippen LogP contribution is 2.24. The summed E-state index contributed by atoms with van der Waals surface area (Å²) in [5, 5.41) is 0.353. The first kappa shape index (κ1) is 21.2. The largest absolute Gasteiger partial charge is 0.482 e. The van der Waals surface area contributed by atoms with Gasteiger partial charge in [0.05, 0.1) is 5.39 Å². The van der Waals surface area contributed by atoms with Crippen molar-refractivity contribution in [1.29, 1.82) is 0 Å². The average Bonchev–Trinajstić information content (AvgIpc) is 2.84. The maximum absolute atomic E-state index is 12.8. The first-order chi connectivity index (χ1) is 15.6. The number of aryl methyl sites for hydroxylation is 1. The summed E-state index contributed by atoms with van der Waals surface area (Å²) in [7, 11) is 0. The first-order valence-electron chi connectivity index (χ1n) is 10.3. The highest BCUT2D eigenvalue weighted by atomic mass is 16.6. The molecule has 6 nitrogen and oxygen atoms in total. The number of rotatable bonds is 8. The van der Waals surface area contributed by atoms with Crippen LogP contribution in [0.4, 0.5) is 0 Å². The Labute approximate surface area is 185 Å². The summed E-state index contributed by atoms with van der Waals surface area (Å²) in [6.07, 6.45) is 2.20. The number of hydrogen-bond acceptors (Lipinski definition) is 6. The van der Waals surface area contributed by atoms with Gasteiger partial charge in [0.15, 0.2) is 6.61 Å². The van der Waals surface area contributed by atoms with E-state index in [1.54, 1.807) is 18.2 Å². The molecule has 4 rings (SSSR count). The van der Waals surface area contributed by atoms with Crippen molar-refractivity contribution in [2.45, 2.75) is 20.0 Å². The van der Waals surface area contributed by atoms with Crippen molar-refractivity contribution in [2.75, 3.05) is 6.61 Å². The molecular formula is C26H22O6. The molecule has 0 unspecified atom stereocenters. The smallest absolute Gasteiger partial charge is 0.344 e. The van der Waals surface area contributed by atoms with E-state index >= 15 is 0 Å². The molecule has 1 aromatic heterocycles. The van der Waals surface area contributed by atoms with Gasteiger partial charge in [-0.3, -0.25) is 4.79 Å². The predicted octanol–water partition coefficient (Wildman–Crippen LogP) is 5.27. The summed E-state index contributed by atoms with van der Waals surface area (Å²) in [4.78, 5) is 24.7. The highest BCUT2D eigenvalue weighted by molar-refractivity contribution is 5.79. The molecule has 0 amide bonds. The van der Waals surface area contributed by atoms with Crippen molar-refractivity contribution in [3.05, 3.63) is 100 Å². The quantitative estimate of drug-likeness (QED) is 0.355. The Hall–Kier alpha value is -4.06. The van der Waals surface area contributed by atoms with Crippen molar-refractivity contribution in [1.82, 2.24) is 0 Å². The molecule has 162 valence electrons. The molecule has 0 N–H and O–H groups in total. The number of carbonyl (C=O) groups is 1. The summed E-state index contributed by atoms with van der Waals surface area (Å²) in [5.74, 6) is 0.553. The van der Waals surface area contributed by atoms with Gasteiger partial charge in [-0.1, -0.05) is 49.4 Å². The topological polar surface area (TPSA) is 75.0 Å². The van der Waals surface area contributed by atoms with E-state index in [1.165, 1.54) is 11.8 Å². The van der Waals surface area contributed by atoms with E-state index in [0.717, 1.165) is 12.0 Å². The second-order valence-electron chi connectivity index (χ2n) is 7.12. The van der Waals surface area contributed by atoms with E-state index in [0.29, 0.717) is 22.5 Å². The van der Waals surface area contributed by atoms with Crippen LogP contribution < -0.4 is 14.9 Å². The van der Waals surface area contributed by atoms with Crippen molar-refractivity contribution in [3.63, 3.8) is 0 Å². The van der Waals surface area contributed by atoms with E-state index in [-0.39, 0.29) is 24.4 Å². The van der Waals surface area contributed by atoms with Gasteiger partial charge < -0.3 is 18.6 Å². The molecule has 32 heavy (non-hydrogen) atoms. The molecule has 0 atom stereocenters. The third-order valence-corrected chi connectivity index (χ3v) is 4.87. The Morgan fingerprint density at radius 3 is 2.41 bits per heavy atom. The lowest BCUT2D eigenvalue weighted by Crippen LogP contribution is -2.14. The van der Waals surface area contributed by atoms with Crippen LogP contribution in [0.25, 0.3) is 11.0 Å². The van der Waals surface area contributed by atoms with Gasteiger partial charge in [-0.15, -0.1) is 0 Å². The molecule has 0 bridgehead atoms. The van der Waals surface area contributed by atoms with Gasteiger partial charge in [0.2, 0.25) is 11.2 Å². The summed E-state index contributed by atoms with van der Waals surface area (Å²) in [6, 6.07) is 21.7. The van der Waals surface area contributed by atoms with Crippen LogP contribution in [-0.4, -0.2) is 12.6 Å². The lowest BCUT2D eigenvalue weighted by Gasteiger charge is -2.09. The summed E-state index contributed by atoms with van der Waals surface area (Å²) in [6.45, 7) is 2.00. The van der Waals surface area contributed by atoms with Gasteiger partial charge in [-0.2, -0.15) is 0 Å². The first-order valence-corrected chi connectivity index (χ1v) is 10.3. The number of benzene rings is 3. The minimum Gasteiger partial charge on any atom is -0.482 e. The lowest BCUT2D eigenvalue weighted by atomic mass is 10.2. The number of ether oxygens (including phenoxy) is 3. The molecule has 0 spiro atoms. The molecule has 0 fully saturated rings. The Bertz CT molecular complexity index is 1260. The molecule has 0 radical (unpaired) electrons. The Morgan fingerprint density at radius 1 is 0.906 bits per heavy atom. The summed E-state index contributed by atoms with van der Waals surface area (Å²) < 4.78 is 21.9. The maximum atomic E-state index is 12.8. The van der Waals surface area contributed by atoms with E-state index in [2.05, 4.69) is 6.92 Å². The number of fused-ring (bicyclic) bond motifs is 1. The number of hydrogen-bond donors (Lipinski definition) is 0. The SMILES string of the molecule is CCc1ccc(Oc2coc3cc(OCC(=O)OCc4ccccc4)ccc3c2=O)cc1. The van der Waals surface area contributed by atoms with E-state index in [1.807, 2.05) is 54.6 Å². The molecule has 3 aromatic carbocycles. The zero-order chi connectivity index (χ0) is 22.3. The minimum absolute atomic E-state index is 0.0971. The summed E-state index contributed by atoms with van der Waals surface area (Å²) in [5.41, 5.74) is 2.12. The van der Waals surface area contributed by atoms with Crippen LogP contribution in [0.1, 0.15) is 18.1 Å². The third kappa shape index (κ3) is 5.16. The van der Waals surface area contributed by atoms with Crippen LogP contribution in [-0.2, 0) is 22.6 Å². The molecule has 4 aromatic rings. The van der Waals surface area contributed by atoms with Crippen LogP contribution in [0.2, 0.25) is 0 Å². The zero-order valence-electron chi connectivity index (χ0n) is 17.6. The Balaban J connectivity index is 1.40. The monoisotopic (exact) mass is 430 g/mol. The molecule has 0 saturated heterocycles.